The lowest BCUT2D eigenvalue weighted by molar-refractivity contribution is -0.113. The maximum absolute atomic E-state index is 10.9. The van der Waals surface area contributed by atoms with Crippen molar-refractivity contribution in [3.05, 3.63) is 0 Å². The first-order chi connectivity index (χ1) is 4.22. The van der Waals surface area contributed by atoms with E-state index in [0.29, 0.717) is 5.12 Å². The molecule has 0 radical (unpaired) electrons. The largest absolute Gasteiger partial charge is 0.298 e. The number of hydrogen-bond donors (Lipinski definition) is 0. The van der Waals surface area contributed by atoms with Gasteiger partial charge in [0, 0.05) is 5.75 Å². The Labute approximate surface area is 74.9 Å². The Hall–Kier alpha value is 0.620. The molecule has 1 fully saturated rings. The molecule has 0 aromatic carbocycles. The highest BCUT2D eigenvalue weighted by molar-refractivity contribution is 8.83. The second kappa shape index (κ2) is 4.49. The molecule has 0 N–H and O–H groups in total. The minimum Gasteiger partial charge on any atom is -0.298 e. The second-order valence-corrected chi connectivity index (χ2v) is 4.51. The average Bonchev–Trinajstić information content (AvgIpc) is 2.13. The molecule has 0 aliphatic carbocycles. The monoisotopic (exact) mass is 199 g/mol. The Balaban J connectivity index is 0.000000810. The van der Waals surface area contributed by atoms with Crippen LogP contribution in [0.5, 0.6) is 0 Å². The van der Waals surface area contributed by atoms with E-state index in [2.05, 4.69) is 0 Å². The number of halogens is 1. The summed E-state index contributed by atoms with van der Waals surface area (Å²) in [6.45, 7) is 0. The first-order valence-corrected chi connectivity index (χ1v) is 5.03. The quantitative estimate of drug-likeness (QED) is 0.593. The van der Waals surface area contributed by atoms with Gasteiger partial charge >= 0.3 is 0 Å². The number of likely N-dealkylation sites (N-methyl/N-ethyl adjacent to an activating group) is 1. The standard InChI is InChI=1S/C5H9NOS2.ClH/c1-6(2)4-3-8-9-5(4)7;/h4H,3H2,1-2H3;1H. The fourth-order valence-corrected chi connectivity index (χ4v) is 3.19. The van der Waals surface area contributed by atoms with E-state index in [-0.39, 0.29) is 18.4 Å². The van der Waals surface area contributed by atoms with Crippen LogP contribution in [0.1, 0.15) is 0 Å². The maximum Gasteiger partial charge on any atom is 0.217 e. The van der Waals surface area contributed by atoms with Crippen molar-refractivity contribution in [3.8, 4) is 0 Å². The lowest BCUT2D eigenvalue weighted by atomic mass is 10.3. The molecule has 0 saturated carbocycles. The minimum atomic E-state index is 0. The Morgan fingerprint density at radius 2 is 2.20 bits per heavy atom. The number of carbonyl (C=O) groups is 1. The Kier molecular flexibility index (Phi) is 4.77. The highest BCUT2D eigenvalue weighted by Gasteiger charge is 2.27. The summed E-state index contributed by atoms with van der Waals surface area (Å²) in [6.07, 6.45) is 0. The molecule has 0 bridgehead atoms. The van der Waals surface area contributed by atoms with Crippen molar-refractivity contribution >= 4 is 39.1 Å². The molecule has 1 heterocycles. The minimum absolute atomic E-state index is 0. The van der Waals surface area contributed by atoms with Crippen molar-refractivity contribution < 1.29 is 4.79 Å². The van der Waals surface area contributed by atoms with Crippen molar-refractivity contribution in [2.24, 2.45) is 0 Å². The normalized spacial score (nSPS) is 25.1. The molecule has 1 aliphatic heterocycles. The molecule has 0 aromatic heterocycles. The maximum atomic E-state index is 10.9. The molecule has 1 aliphatic rings. The van der Waals surface area contributed by atoms with Crippen molar-refractivity contribution in [1.82, 2.24) is 4.90 Å². The summed E-state index contributed by atoms with van der Waals surface area (Å²) in [6, 6.07) is 0.153. The van der Waals surface area contributed by atoms with Gasteiger partial charge in [0.2, 0.25) is 5.12 Å². The Morgan fingerprint density at radius 3 is 2.40 bits per heavy atom. The van der Waals surface area contributed by atoms with Crippen molar-refractivity contribution in [2.45, 2.75) is 6.04 Å². The SMILES string of the molecule is CN(C)C1CSSC1=O.Cl. The zero-order chi connectivity index (χ0) is 6.85. The summed E-state index contributed by atoms with van der Waals surface area (Å²) in [4.78, 5) is 12.9. The van der Waals surface area contributed by atoms with E-state index in [4.69, 9.17) is 0 Å². The first-order valence-electron chi connectivity index (χ1n) is 2.71. The van der Waals surface area contributed by atoms with E-state index >= 15 is 0 Å². The van der Waals surface area contributed by atoms with Crippen molar-refractivity contribution in [1.29, 1.82) is 0 Å². The van der Waals surface area contributed by atoms with Crippen LogP contribution in [0.25, 0.3) is 0 Å². The summed E-state index contributed by atoms with van der Waals surface area (Å²) < 4.78 is 0. The summed E-state index contributed by atoms with van der Waals surface area (Å²) in [7, 11) is 6.89. The Bertz CT molecular complexity index is 131. The van der Waals surface area contributed by atoms with Crippen LogP contribution in [-0.2, 0) is 4.79 Å². The van der Waals surface area contributed by atoms with E-state index in [9.17, 15) is 4.79 Å². The summed E-state index contributed by atoms with van der Waals surface area (Å²) in [5.74, 6) is 0.941. The van der Waals surface area contributed by atoms with Gasteiger partial charge < -0.3 is 0 Å². The molecule has 1 rings (SSSR count). The molecule has 0 spiro atoms. The molecule has 1 atom stereocenters. The van der Waals surface area contributed by atoms with Gasteiger partial charge in [0.1, 0.15) is 0 Å². The van der Waals surface area contributed by atoms with Crippen molar-refractivity contribution in [2.75, 3.05) is 19.8 Å². The van der Waals surface area contributed by atoms with Gasteiger partial charge in [-0.05, 0) is 24.9 Å². The van der Waals surface area contributed by atoms with E-state index in [1.807, 2.05) is 19.0 Å². The molecule has 1 saturated heterocycles. The van der Waals surface area contributed by atoms with Gasteiger partial charge in [0.15, 0.2) is 0 Å². The molecule has 10 heavy (non-hydrogen) atoms. The third kappa shape index (κ3) is 2.34. The van der Waals surface area contributed by atoms with Crippen LogP contribution in [-0.4, -0.2) is 35.9 Å². The molecule has 0 amide bonds. The van der Waals surface area contributed by atoms with Gasteiger partial charge in [0.05, 0.1) is 6.04 Å². The Morgan fingerprint density at radius 1 is 1.60 bits per heavy atom. The lowest BCUT2D eigenvalue weighted by Crippen LogP contribution is -2.32. The summed E-state index contributed by atoms with van der Waals surface area (Å²) >= 11 is 0. The predicted molar refractivity (Wildman–Crippen MR) is 49.8 cm³/mol. The molecule has 60 valence electrons. The molecule has 5 heteroatoms. The average molecular weight is 200 g/mol. The second-order valence-electron chi connectivity index (χ2n) is 2.17. The van der Waals surface area contributed by atoms with Gasteiger partial charge in [-0.1, -0.05) is 10.8 Å². The highest BCUT2D eigenvalue weighted by Crippen LogP contribution is 2.33. The lowest BCUT2D eigenvalue weighted by Gasteiger charge is -2.14. The number of hydrogen-bond acceptors (Lipinski definition) is 4. The molecule has 2 nitrogen and oxygen atoms in total. The van der Waals surface area contributed by atoms with Gasteiger partial charge in [-0.2, -0.15) is 0 Å². The predicted octanol–water partition coefficient (Wildman–Crippen LogP) is 1.26. The molecule has 0 aromatic rings. The van der Waals surface area contributed by atoms with Gasteiger partial charge in [-0.3, -0.25) is 9.69 Å². The van der Waals surface area contributed by atoms with Crippen LogP contribution < -0.4 is 0 Å². The smallest absolute Gasteiger partial charge is 0.217 e. The zero-order valence-electron chi connectivity index (χ0n) is 5.86. The summed E-state index contributed by atoms with van der Waals surface area (Å²) in [5, 5.41) is 0.296. The van der Waals surface area contributed by atoms with Gasteiger partial charge in [0.25, 0.3) is 0 Å². The molecule has 1 unspecified atom stereocenters. The third-order valence-corrected chi connectivity index (χ3v) is 3.52. The van der Waals surface area contributed by atoms with E-state index in [1.165, 1.54) is 10.8 Å². The zero-order valence-corrected chi connectivity index (χ0v) is 8.31. The topological polar surface area (TPSA) is 20.3 Å². The van der Waals surface area contributed by atoms with Crippen LogP contribution in [0.15, 0.2) is 0 Å². The van der Waals surface area contributed by atoms with Crippen molar-refractivity contribution in [3.63, 3.8) is 0 Å². The van der Waals surface area contributed by atoms with Gasteiger partial charge in [-0.25, -0.2) is 0 Å². The fraction of sp³-hybridized carbons (Fsp3) is 0.800. The van der Waals surface area contributed by atoms with Crippen LogP contribution in [0.3, 0.4) is 0 Å². The molecular weight excluding hydrogens is 190 g/mol. The first kappa shape index (κ1) is 10.6. The van der Waals surface area contributed by atoms with E-state index in [0.717, 1.165) is 5.75 Å². The number of carbonyl (C=O) groups excluding carboxylic acids is 1. The van der Waals surface area contributed by atoms with Crippen LogP contribution in [0.2, 0.25) is 0 Å². The fourth-order valence-electron chi connectivity index (χ4n) is 0.640. The molecular formula is C5H10ClNOS2. The van der Waals surface area contributed by atoms with E-state index in [1.54, 1.807) is 10.8 Å². The third-order valence-electron chi connectivity index (χ3n) is 1.26. The van der Waals surface area contributed by atoms with E-state index < -0.39 is 0 Å². The van der Waals surface area contributed by atoms with Gasteiger partial charge in [-0.15, -0.1) is 12.4 Å². The highest BCUT2D eigenvalue weighted by atomic mass is 35.5. The number of rotatable bonds is 1. The summed E-state index contributed by atoms with van der Waals surface area (Å²) in [5.41, 5.74) is 0. The van der Waals surface area contributed by atoms with Crippen LogP contribution in [0, 0.1) is 0 Å². The van der Waals surface area contributed by atoms with Crippen LogP contribution >= 0.6 is 34.0 Å². The number of nitrogens with zero attached hydrogens (tertiary/aromatic N) is 1. The van der Waals surface area contributed by atoms with Crippen LogP contribution in [0.4, 0.5) is 0 Å².